The summed E-state index contributed by atoms with van der Waals surface area (Å²) in [4.78, 5) is 26.5. The minimum atomic E-state index is -0.270. The third-order valence-electron chi connectivity index (χ3n) is 4.96. The molecule has 28 heavy (non-hydrogen) atoms. The molecule has 1 unspecified atom stereocenters. The lowest BCUT2D eigenvalue weighted by Gasteiger charge is -2.18. The van der Waals surface area contributed by atoms with Gasteiger partial charge in [0.2, 0.25) is 0 Å². The first-order chi connectivity index (χ1) is 13.4. The molecule has 3 N–H and O–H groups in total. The van der Waals surface area contributed by atoms with Crippen molar-refractivity contribution in [2.75, 3.05) is 19.6 Å². The Bertz CT molecular complexity index is 778. The number of nitrogens with two attached hydrogens (primary N) is 1. The number of hydrogen-bond donors (Lipinski definition) is 2. The standard InChI is InChI=1S/C23H31N3O2/c1-5-26(6-2)23(28)20-13-11-19(12-14-20)22(27)25-15-21(24)18-9-7-17(8-10-18)16(3)4/h7-14,16,21H,5-6,15,24H2,1-4H3,(H,25,27). The fourth-order valence-electron chi connectivity index (χ4n) is 3.01. The Morgan fingerprint density at radius 1 is 0.893 bits per heavy atom. The van der Waals surface area contributed by atoms with Gasteiger partial charge in [-0.05, 0) is 55.2 Å². The number of carbonyl (C=O) groups is 2. The second-order valence-corrected chi connectivity index (χ2v) is 7.19. The fourth-order valence-corrected chi connectivity index (χ4v) is 3.01. The molecule has 150 valence electrons. The SMILES string of the molecule is CCN(CC)C(=O)c1ccc(C(=O)NCC(N)c2ccc(C(C)C)cc2)cc1. The Hall–Kier alpha value is -2.66. The van der Waals surface area contributed by atoms with Crippen molar-refractivity contribution >= 4 is 11.8 Å². The van der Waals surface area contributed by atoms with Gasteiger partial charge in [-0.25, -0.2) is 0 Å². The van der Waals surface area contributed by atoms with Crippen LogP contribution in [0.15, 0.2) is 48.5 Å². The Morgan fingerprint density at radius 3 is 1.89 bits per heavy atom. The summed E-state index contributed by atoms with van der Waals surface area (Å²) >= 11 is 0. The molecular weight excluding hydrogens is 350 g/mol. The number of amides is 2. The minimum Gasteiger partial charge on any atom is -0.350 e. The average Bonchev–Trinajstić information content (AvgIpc) is 2.72. The highest BCUT2D eigenvalue weighted by molar-refractivity contribution is 5.97. The smallest absolute Gasteiger partial charge is 0.253 e. The van der Waals surface area contributed by atoms with E-state index in [4.69, 9.17) is 5.73 Å². The maximum Gasteiger partial charge on any atom is 0.253 e. The van der Waals surface area contributed by atoms with Gasteiger partial charge in [-0.1, -0.05) is 38.1 Å². The topological polar surface area (TPSA) is 75.4 Å². The van der Waals surface area contributed by atoms with Crippen LogP contribution in [0.1, 0.15) is 71.5 Å². The van der Waals surface area contributed by atoms with Gasteiger partial charge in [-0.3, -0.25) is 9.59 Å². The van der Waals surface area contributed by atoms with Gasteiger partial charge in [0.25, 0.3) is 11.8 Å². The number of carbonyl (C=O) groups excluding carboxylic acids is 2. The monoisotopic (exact) mass is 381 g/mol. The van der Waals surface area contributed by atoms with Gasteiger partial charge in [-0.2, -0.15) is 0 Å². The molecule has 0 fully saturated rings. The normalized spacial score (nSPS) is 11.9. The van der Waals surface area contributed by atoms with Crippen LogP contribution in [0.5, 0.6) is 0 Å². The summed E-state index contributed by atoms with van der Waals surface area (Å²) in [5, 5.41) is 2.87. The number of nitrogens with one attached hydrogen (secondary N) is 1. The van der Waals surface area contributed by atoms with Crippen LogP contribution in [-0.2, 0) is 0 Å². The number of rotatable bonds is 8. The highest BCUT2D eigenvalue weighted by atomic mass is 16.2. The van der Waals surface area contributed by atoms with Crippen molar-refractivity contribution in [3.63, 3.8) is 0 Å². The molecule has 0 aliphatic carbocycles. The lowest BCUT2D eigenvalue weighted by atomic mass is 9.99. The highest BCUT2D eigenvalue weighted by Gasteiger charge is 2.14. The summed E-state index contributed by atoms with van der Waals surface area (Å²) in [5.74, 6) is 0.251. The summed E-state index contributed by atoms with van der Waals surface area (Å²) in [6, 6.07) is 14.7. The van der Waals surface area contributed by atoms with E-state index >= 15 is 0 Å². The van der Waals surface area contributed by atoms with Crippen LogP contribution in [0.3, 0.4) is 0 Å². The third-order valence-corrected chi connectivity index (χ3v) is 4.96. The zero-order valence-electron chi connectivity index (χ0n) is 17.2. The van der Waals surface area contributed by atoms with E-state index in [9.17, 15) is 9.59 Å². The first-order valence-electron chi connectivity index (χ1n) is 9.90. The molecular formula is C23H31N3O2. The van der Waals surface area contributed by atoms with E-state index in [2.05, 4.69) is 31.3 Å². The lowest BCUT2D eigenvalue weighted by Crippen LogP contribution is -2.32. The van der Waals surface area contributed by atoms with Crippen molar-refractivity contribution < 1.29 is 9.59 Å². The predicted molar refractivity (Wildman–Crippen MR) is 113 cm³/mol. The van der Waals surface area contributed by atoms with Crippen molar-refractivity contribution in [2.24, 2.45) is 5.73 Å². The van der Waals surface area contributed by atoms with Crippen LogP contribution in [0.4, 0.5) is 0 Å². The van der Waals surface area contributed by atoms with Crippen LogP contribution < -0.4 is 11.1 Å². The van der Waals surface area contributed by atoms with Gasteiger partial charge in [0.05, 0.1) is 0 Å². The van der Waals surface area contributed by atoms with Gasteiger partial charge in [0, 0.05) is 36.8 Å². The quantitative estimate of drug-likeness (QED) is 0.732. The van der Waals surface area contributed by atoms with Gasteiger partial charge in [0.1, 0.15) is 0 Å². The zero-order chi connectivity index (χ0) is 20.7. The van der Waals surface area contributed by atoms with Crippen LogP contribution in [0, 0.1) is 0 Å². The van der Waals surface area contributed by atoms with E-state index in [0.717, 1.165) is 5.56 Å². The number of benzene rings is 2. The molecule has 0 heterocycles. The molecule has 2 aromatic rings. The summed E-state index contributed by atoms with van der Waals surface area (Å²) in [6.07, 6.45) is 0. The zero-order valence-corrected chi connectivity index (χ0v) is 17.2. The van der Waals surface area contributed by atoms with Crippen molar-refractivity contribution in [3.8, 4) is 0 Å². The second kappa shape index (κ2) is 10.0. The summed E-state index contributed by atoms with van der Waals surface area (Å²) in [7, 11) is 0. The van der Waals surface area contributed by atoms with Gasteiger partial charge in [0.15, 0.2) is 0 Å². The first-order valence-corrected chi connectivity index (χ1v) is 9.90. The number of hydrogen-bond acceptors (Lipinski definition) is 3. The van der Waals surface area contributed by atoms with Crippen LogP contribution >= 0.6 is 0 Å². The van der Waals surface area contributed by atoms with Crippen molar-refractivity contribution in [2.45, 2.75) is 39.7 Å². The molecule has 0 spiro atoms. The summed E-state index contributed by atoms with van der Waals surface area (Å²) in [6.45, 7) is 9.86. The highest BCUT2D eigenvalue weighted by Crippen LogP contribution is 2.17. The number of nitrogens with zero attached hydrogens (tertiary/aromatic N) is 1. The van der Waals surface area contributed by atoms with Crippen LogP contribution in [0.2, 0.25) is 0 Å². The Balaban J connectivity index is 1.94. The van der Waals surface area contributed by atoms with Crippen molar-refractivity contribution in [1.82, 2.24) is 10.2 Å². The van der Waals surface area contributed by atoms with Gasteiger partial charge in [-0.15, -0.1) is 0 Å². The minimum absolute atomic E-state index is 0.0242. The van der Waals surface area contributed by atoms with E-state index in [0.29, 0.717) is 36.7 Å². The molecule has 2 aromatic carbocycles. The molecule has 5 heteroatoms. The van der Waals surface area contributed by atoms with Crippen molar-refractivity contribution in [1.29, 1.82) is 0 Å². The van der Waals surface area contributed by atoms with E-state index < -0.39 is 0 Å². The molecule has 0 radical (unpaired) electrons. The van der Waals surface area contributed by atoms with Crippen LogP contribution in [0.25, 0.3) is 0 Å². The molecule has 0 aliphatic heterocycles. The van der Waals surface area contributed by atoms with Gasteiger partial charge >= 0.3 is 0 Å². The molecule has 0 bridgehead atoms. The van der Waals surface area contributed by atoms with Crippen LogP contribution in [-0.4, -0.2) is 36.3 Å². The molecule has 0 aliphatic rings. The molecule has 2 rings (SSSR count). The van der Waals surface area contributed by atoms with E-state index in [-0.39, 0.29) is 17.9 Å². The maximum atomic E-state index is 12.4. The largest absolute Gasteiger partial charge is 0.350 e. The van der Waals surface area contributed by atoms with E-state index in [1.165, 1.54) is 5.56 Å². The molecule has 5 nitrogen and oxygen atoms in total. The lowest BCUT2D eigenvalue weighted by molar-refractivity contribution is 0.0772. The summed E-state index contributed by atoms with van der Waals surface area (Å²) in [5.41, 5.74) is 9.56. The van der Waals surface area contributed by atoms with E-state index in [1.54, 1.807) is 29.2 Å². The molecule has 0 aromatic heterocycles. The van der Waals surface area contributed by atoms with Gasteiger partial charge < -0.3 is 16.0 Å². The predicted octanol–water partition coefficient (Wildman–Crippen LogP) is 3.72. The molecule has 1 atom stereocenters. The molecule has 2 amide bonds. The fraction of sp³-hybridized carbons (Fsp3) is 0.391. The third kappa shape index (κ3) is 5.42. The summed E-state index contributed by atoms with van der Waals surface area (Å²) < 4.78 is 0. The molecule has 0 saturated carbocycles. The van der Waals surface area contributed by atoms with E-state index in [1.807, 2.05) is 26.0 Å². The maximum absolute atomic E-state index is 12.4. The second-order valence-electron chi connectivity index (χ2n) is 7.19. The Morgan fingerprint density at radius 2 is 1.39 bits per heavy atom. The Kier molecular flexibility index (Phi) is 7.76. The first kappa shape index (κ1) is 21.6. The Labute approximate surface area is 167 Å². The average molecular weight is 382 g/mol. The molecule has 0 saturated heterocycles. The van der Waals surface area contributed by atoms with Crippen molar-refractivity contribution in [3.05, 3.63) is 70.8 Å².